The Morgan fingerprint density at radius 1 is 0.905 bits per heavy atom. The first-order valence-electron chi connectivity index (χ1n) is 8.80. The highest BCUT2D eigenvalue weighted by molar-refractivity contribution is 7.81. The van der Waals surface area contributed by atoms with Crippen LogP contribution in [0.15, 0.2) is 12.2 Å². The zero-order valence-electron chi connectivity index (χ0n) is 13.9. The Hall–Kier alpha value is -0.440. The van der Waals surface area contributed by atoms with Crippen LogP contribution in [0.1, 0.15) is 90.4 Å². The molecule has 0 heterocycles. The van der Waals surface area contributed by atoms with E-state index in [4.69, 9.17) is 5.73 Å². The van der Waals surface area contributed by atoms with E-state index in [9.17, 15) is 4.79 Å². The fourth-order valence-corrected chi connectivity index (χ4v) is 2.56. The van der Waals surface area contributed by atoms with Crippen LogP contribution in [-0.4, -0.2) is 11.2 Å². The van der Waals surface area contributed by atoms with Crippen LogP contribution in [0.2, 0.25) is 0 Å². The Kier molecular flexibility index (Phi) is 15.6. The molecule has 0 aliphatic heterocycles. The summed E-state index contributed by atoms with van der Waals surface area (Å²) in [5, 5.41) is -0.262. The topological polar surface area (TPSA) is 43.1 Å². The number of rotatable bonds is 15. The average molecular weight is 314 g/mol. The van der Waals surface area contributed by atoms with Crippen molar-refractivity contribution in [2.45, 2.75) is 95.6 Å². The van der Waals surface area contributed by atoms with Crippen molar-refractivity contribution in [3.05, 3.63) is 12.2 Å². The van der Waals surface area contributed by atoms with Crippen molar-refractivity contribution < 1.29 is 4.79 Å². The van der Waals surface area contributed by atoms with E-state index in [1.165, 1.54) is 70.6 Å². The highest BCUT2D eigenvalue weighted by Crippen LogP contribution is 2.11. The molecule has 0 aliphatic rings. The number of hydrogen-bond donors (Lipinski definition) is 2. The van der Waals surface area contributed by atoms with Crippen LogP contribution in [0, 0.1) is 0 Å². The predicted molar refractivity (Wildman–Crippen MR) is 96.8 cm³/mol. The van der Waals surface area contributed by atoms with Gasteiger partial charge >= 0.3 is 0 Å². The van der Waals surface area contributed by atoms with Crippen LogP contribution in [0.3, 0.4) is 0 Å². The van der Waals surface area contributed by atoms with Gasteiger partial charge in [0.05, 0.1) is 5.25 Å². The summed E-state index contributed by atoms with van der Waals surface area (Å²) in [6.45, 7) is 2.26. The molecule has 124 valence electrons. The predicted octanol–water partition coefficient (Wildman–Crippen LogP) is 5.42. The molecule has 0 saturated carbocycles. The Morgan fingerprint density at radius 2 is 1.38 bits per heavy atom. The lowest BCUT2D eigenvalue weighted by Gasteiger charge is -2.05. The van der Waals surface area contributed by atoms with E-state index in [1.54, 1.807) is 0 Å². The number of primary amides is 1. The zero-order valence-corrected chi connectivity index (χ0v) is 14.8. The van der Waals surface area contributed by atoms with Crippen molar-refractivity contribution >= 4 is 18.5 Å². The van der Waals surface area contributed by atoms with E-state index in [2.05, 4.69) is 31.7 Å². The Bertz CT molecular complexity index is 266. The minimum absolute atomic E-state index is 0.262. The standard InChI is InChI=1S/C18H35NOS/c1-2-3-4-5-6-7-8-9-10-11-12-13-14-15-16-17(21)18(19)20/h9-10,17,21H,2-8,11-16H2,1H3,(H2,19,20)/b10-9-. The van der Waals surface area contributed by atoms with Crippen molar-refractivity contribution in [2.75, 3.05) is 0 Å². The SMILES string of the molecule is CCCCCCCC/C=C\CCCCCCC(S)C(N)=O. The van der Waals surface area contributed by atoms with Gasteiger partial charge in [-0.2, -0.15) is 12.6 Å². The fraction of sp³-hybridized carbons (Fsp3) is 0.833. The van der Waals surface area contributed by atoms with E-state index in [1.807, 2.05) is 0 Å². The number of amides is 1. The molecule has 0 aromatic heterocycles. The number of carbonyl (C=O) groups excluding carboxylic acids is 1. The second-order valence-electron chi connectivity index (χ2n) is 5.94. The first kappa shape index (κ1) is 20.6. The smallest absolute Gasteiger partial charge is 0.230 e. The second kappa shape index (κ2) is 15.9. The van der Waals surface area contributed by atoms with Crippen LogP contribution in [0.5, 0.6) is 0 Å². The Balaban J connectivity index is 3.17. The molecule has 0 spiro atoms. The molecule has 21 heavy (non-hydrogen) atoms. The molecule has 0 rings (SSSR count). The number of allylic oxidation sites excluding steroid dienone is 2. The van der Waals surface area contributed by atoms with Gasteiger partial charge in [-0.1, -0.05) is 70.4 Å². The number of thiol groups is 1. The normalized spacial score (nSPS) is 12.9. The molecule has 0 aromatic rings. The van der Waals surface area contributed by atoms with Gasteiger partial charge in [-0.15, -0.1) is 0 Å². The molecule has 0 saturated heterocycles. The van der Waals surface area contributed by atoms with Crippen LogP contribution in [0.25, 0.3) is 0 Å². The van der Waals surface area contributed by atoms with Gasteiger partial charge in [0.15, 0.2) is 0 Å². The summed E-state index contributed by atoms with van der Waals surface area (Å²) in [4.78, 5) is 10.8. The van der Waals surface area contributed by atoms with Crippen molar-refractivity contribution in [2.24, 2.45) is 5.73 Å². The van der Waals surface area contributed by atoms with Crippen molar-refractivity contribution in [1.82, 2.24) is 0 Å². The van der Waals surface area contributed by atoms with Crippen LogP contribution < -0.4 is 5.73 Å². The summed E-state index contributed by atoms with van der Waals surface area (Å²) in [6.07, 6.45) is 20.9. The monoisotopic (exact) mass is 313 g/mol. The van der Waals surface area contributed by atoms with Crippen LogP contribution in [-0.2, 0) is 4.79 Å². The van der Waals surface area contributed by atoms with Crippen LogP contribution in [0.4, 0.5) is 0 Å². The third kappa shape index (κ3) is 15.8. The molecule has 1 unspecified atom stereocenters. The first-order chi connectivity index (χ1) is 10.2. The summed E-state index contributed by atoms with van der Waals surface area (Å²) < 4.78 is 0. The maximum atomic E-state index is 10.8. The van der Waals surface area contributed by atoms with E-state index in [0.717, 1.165) is 12.8 Å². The third-order valence-corrected chi connectivity index (χ3v) is 4.33. The van der Waals surface area contributed by atoms with Gasteiger partial charge in [0, 0.05) is 0 Å². The van der Waals surface area contributed by atoms with Gasteiger partial charge < -0.3 is 5.73 Å². The van der Waals surface area contributed by atoms with Crippen molar-refractivity contribution in [3.63, 3.8) is 0 Å². The van der Waals surface area contributed by atoms with E-state index in [-0.39, 0.29) is 11.2 Å². The fourth-order valence-electron chi connectivity index (χ4n) is 2.37. The lowest BCUT2D eigenvalue weighted by molar-refractivity contribution is -0.117. The molecule has 0 aromatic carbocycles. The maximum Gasteiger partial charge on any atom is 0.230 e. The van der Waals surface area contributed by atoms with Gasteiger partial charge in [-0.3, -0.25) is 4.79 Å². The number of hydrogen-bond acceptors (Lipinski definition) is 2. The zero-order chi connectivity index (χ0) is 15.8. The summed E-state index contributed by atoms with van der Waals surface area (Å²) in [5.74, 6) is -0.295. The Morgan fingerprint density at radius 3 is 1.90 bits per heavy atom. The van der Waals surface area contributed by atoms with Gasteiger partial charge in [-0.05, 0) is 32.1 Å². The maximum absolute atomic E-state index is 10.8. The molecular weight excluding hydrogens is 278 g/mol. The summed E-state index contributed by atoms with van der Waals surface area (Å²) >= 11 is 4.16. The average Bonchev–Trinajstić information content (AvgIpc) is 2.47. The van der Waals surface area contributed by atoms with Crippen molar-refractivity contribution in [1.29, 1.82) is 0 Å². The summed E-state index contributed by atoms with van der Waals surface area (Å²) in [7, 11) is 0. The largest absolute Gasteiger partial charge is 0.369 e. The quantitative estimate of drug-likeness (QED) is 0.237. The second-order valence-corrected chi connectivity index (χ2v) is 6.56. The first-order valence-corrected chi connectivity index (χ1v) is 9.32. The Labute approximate surface area is 137 Å². The van der Waals surface area contributed by atoms with Gasteiger partial charge in [-0.25, -0.2) is 0 Å². The lowest BCUT2D eigenvalue weighted by Crippen LogP contribution is -2.23. The summed E-state index contributed by atoms with van der Waals surface area (Å²) in [5.41, 5.74) is 5.17. The molecule has 0 radical (unpaired) electrons. The number of carbonyl (C=O) groups is 1. The van der Waals surface area contributed by atoms with E-state index >= 15 is 0 Å². The van der Waals surface area contributed by atoms with Gasteiger partial charge in [0.1, 0.15) is 0 Å². The molecule has 1 atom stereocenters. The molecule has 3 heteroatoms. The molecule has 1 amide bonds. The highest BCUT2D eigenvalue weighted by Gasteiger charge is 2.07. The number of unbranched alkanes of at least 4 members (excludes halogenated alkanes) is 10. The summed E-state index contributed by atoms with van der Waals surface area (Å²) in [6, 6.07) is 0. The molecule has 2 nitrogen and oxygen atoms in total. The van der Waals surface area contributed by atoms with Crippen LogP contribution >= 0.6 is 12.6 Å². The van der Waals surface area contributed by atoms with Gasteiger partial charge in [0.2, 0.25) is 5.91 Å². The lowest BCUT2D eigenvalue weighted by atomic mass is 10.1. The molecule has 0 bridgehead atoms. The molecular formula is C18H35NOS. The van der Waals surface area contributed by atoms with Gasteiger partial charge in [0.25, 0.3) is 0 Å². The molecule has 0 fully saturated rings. The van der Waals surface area contributed by atoms with E-state index < -0.39 is 0 Å². The van der Waals surface area contributed by atoms with Crippen molar-refractivity contribution in [3.8, 4) is 0 Å². The molecule has 2 N–H and O–H groups in total. The highest BCUT2D eigenvalue weighted by atomic mass is 32.1. The molecule has 0 aliphatic carbocycles. The third-order valence-electron chi connectivity index (χ3n) is 3.82. The minimum Gasteiger partial charge on any atom is -0.369 e. The minimum atomic E-state index is -0.295. The van der Waals surface area contributed by atoms with E-state index in [0.29, 0.717) is 0 Å². The number of nitrogens with two attached hydrogens (primary N) is 1.